The van der Waals surface area contributed by atoms with Crippen LogP contribution in [-0.2, 0) is 0 Å². The molecule has 0 aliphatic carbocycles. The number of hydrogen-bond acceptors (Lipinski definition) is 2. The normalized spacial score (nSPS) is 26.5. The van der Waals surface area contributed by atoms with Crippen LogP contribution in [0, 0.1) is 5.92 Å². The second-order valence-corrected chi connectivity index (χ2v) is 4.35. The number of likely N-dealkylation sites (tertiary alicyclic amines) is 1. The summed E-state index contributed by atoms with van der Waals surface area (Å²) in [6, 6.07) is 0. The Labute approximate surface area is 76.5 Å². The third-order valence-electron chi connectivity index (χ3n) is 2.60. The van der Waals surface area contributed by atoms with Gasteiger partial charge in [-0.1, -0.05) is 6.92 Å². The standard InChI is InChI=1S/C10H22N2/c1-10-5-4-6-12(9-10)8-7-11(2)3/h10H,4-9H2,1-3H3/t10-/m0/s1. The molecule has 12 heavy (non-hydrogen) atoms. The van der Waals surface area contributed by atoms with E-state index in [-0.39, 0.29) is 0 Å². The third-order valence-corrected chi connectivity index (χ3v) is 2.60. The number of hydrogen-bond donors (Lipinski definition) is 0. The van der Waals surface area contributed by atoms with Gasteiger partial charge in [-0.2, -0.15) is 0 Å². The van der Waals surface area contributed by atoms with Crippen molar-refractivity contribution in [3.63, 3.8) is 0 Å². The molecule has 0 aromatic heterocycles. The largest absolute Gasteiger partial charge is 0.308 e. The maximum atomic E-state index is 2.59. The summed E-state index contributed by atoms with van der Waals surface area (Å²) >= 11 is 0. The first-order chi connectivity index (χ1) is 5.68. The lowest BCUT2D eigenvalue weighted by molar-refractivity contribution is 0.170. The number of piperidine rings is 1. The molecule has 1 heterocycles. The first-order valence-electron chi connectivity index (χ1n) is 5.05. The topological polar surface area (TPSA) is 6.48 Å². The summed E-state index contributed by atoms with van der Waals surface area (Å²) in [5.74, 6) is 0.918. The van der Waals surface area contributed by atoms with Crippen molar-refractivity contribution in [1.82, 2.24) is 9.80 Å². The Morgan fingerprint density at radius 3 is 2.75 bits per heavy atom. The molecule has 0 unspecified atom stereocenters. The van der Waals surface area contributed by atoms with Crippen molar-refractivity contribution in [1.29, 1.82) is 0 Å². The summed E-state index contributed by atoms with van der Waals surface area (Å²) in [6.45, 7) is 7.44. The van der Waals surface area contributed by atoms with Crippen LogP contribution in [0.15, 0.2) is 0 Å². The van der Waals surface area contributed by atoms with Crippen molar-refractivity contribution in [3.8, 4) is 0 Å². The number of likely N-dealkylation sites (N-methyl/N-ethyl adjacent to an activating group) is 1. The molecule has 2 nitrogen and oxygen atoms in total. The van der Waals surface area contributed by atoms with E-state index < -0.39 is 0 Å². The highest BCUT2D eigenvalue weighted by molar-refractivity contribution is 4.70. The van der Waals surface area contributed by atoms with Crippen LogP contribution in [0.25, 0.3) is 0 Å². The lowest BCUT2D eigenvalue weighted by atomic mass is 10.0. The lowest BCUT2D eigenvalue weighted by Gasteiger charge is -2.31. The molecule has 1 aliphatic rings. The molecule has 1 saturated heterocycles. The quantitative estimate of drug-likeness (QED) is 0.629. The zero-order chi connectivity index (χ0) is 8.97. The van der Waals surface area contributed by atoms with E-state index in [2.05, 4.69) is 30.8 Å². The molecule has 1 rings (SSSR count). The number of rotatable bonds is 3. The van der Waals surface area contributed by atoms with E-state index in [1.807, 2.05) is 0 Å². The molecule has 0 saturated carbocycles. The van der Waals surface area contributed by atoms with Crippen molar-refractivity contribution in [2.45, 2.75) is 19.8 Å². The molecule has 2 heteroatoms. The van der Waals surface area contributed by atoms with Crippen LogP contribution in [0.5, 0.6) is 0 Å². The van der Waals surface area contributed by atoms with Gasteiger partial charge in [0, 0.05) is 19.6 Å². The van der Waals surface area contributed by atoms with Gasteiger partial charge >= 0.3 is 0 Å². The van der Waals surface area contributed by atoms with E-state index in [1.54, 1.807) is 0 Å². The molecule has 0 amide bonds. The van der Waals surface area contributed by atoms with Gasteiger partial charge in [0.25, 0.3) is 0 Å². The van der Waals surface area contributed by atoms with E-state index in [0.29, 0.717) is 0 Å². The fourth-order valence-electron chi connectivity index (χ4n) is 1.83. The Balaban J connectivity index is 2.14. The molecule has 0 aromatic carbocycles. The van der Waals surface area contributed by atoms with E-state index in [1.165, 1.54) is 39.0 Å². The van der Waals surface area contributed by atoms with E-state index in [0.717, 1.165) is 5.92 Å². The minimum atomic E-state index is 0.918. The summed E-state index contributed by atoms with van der Waals surface area (Å²) in [5, 5.41) is 0. The van der Waals surface area contributed by atoms with Crippen molar-refractivity contribution < 1.29 is 0 Å². The zero-order valence-corrected chi connectivity index (χ0v) is 8.71. The van der Waals surface area contributed by atoms with Gasteiger partial charge in [0.05, 0.1) is 0 Å². The Hall–Kier alpha value is -0.0800. The van der Waals surface area contributed by atoms with Crippen LogP contribution < -0.4 is 0 Å². The second kappa shape index (κ2) is 4.83. The van der Waals surface area contributed by atoms with Gasteiger partial charge in [-0.3, -0.25) is 0 Å². The predicted octanol–water partition coefficient (Wildman–Crippen LogP) is 1.28. The maximum Gasteiger partial charge on any atom is 0.0109 e. The van der Waals surface area contributed by atoms with Gasteiger partial charge in [0.2, 0.25) is 0 Å². The molecular weight excluding hydrogens is 148 g/mol. The predicted molar refractivity (Wildman–Crippen MR) is 53.4 cm³/mol. The van der Waals surface area contributed by atoms with Crippen LogP contribution in [-0.4, -0.2) is 50.1 Å². The monoisotopic (exact) mass is 170 g/mol. The molecular formula is C10H22N2. The lowest BCUT2D eigenvalue weighted by Crippen LogP contribution is -2.38. The minimum Gasteiger partial charge on any atom is -0.308 e. The molecule has 0 bridgehead atoms. The van der Waals surface area contributed by atoms with Crippen LogP contribution in [0.4, 0.5) is 0 Å². The second-order valence-electron chi connectivity index (χ2n) is 4.35. The minimum absolute atomic E-state index is 0.918. The summed E-state index contributed by atoms with van der Waals surface area (Å²) < 4.78 is 0. The van der Waals surface area contributed by atoms with Gasteiger partial charge in [-0.15, -0.1) is 0 Å². The fourth-order valence-corrected chi connectivity index (χ4v) is 1.83. The van der Waals surface area contributed by atoms with Crippen LogP contribution in [0.2, 0.25) is 0 Å². The van der Waals surface area contributed by atoms with E-state index in [4.69, 9.17) is 0 Å². The average Bonchev–Trinajstić information content (AvgIpc) is 2.01. The van der Waals surface area contributed by atoms with Crippen molar-refractivity contribution >= 4 is 0 Å². The smallest absolute Gasteiger partial charge is 0.0109 e. The van der Waals surface area contributed by atoms with Crippen LogP contribution in [0.3, 0.4) is 0 Å². The Morgan fingerprint density at radius 2 is 2.17 bits per heavy atom. The van der Waals surface area contributed by atoms with Crippen molar-refractivity contribution in [2.24, 2.45) is 5.92 Å². The molecule has 72 valence electrons. The summed E-state index contributed by atoms with van der Waals surface area (Å²) in [5.41, 5.74) is 0. The highest BCUT2D eigenvalue weighted by Gasteiger charge is 2.15. The molecule has 0 N–H and O–H groups in total. The Bertz CT molecular complexity index is 123. The molecule has 1 atom stereocenters. The van der Waals surface area contributed by atoms with Crippen molar-refractivity contribution in [2.75, 3.05) is 40.3 Å². The summed E-state index contributed by atoms with van der Waals surface area (Å²) in [7, 11) is 4.29. The molecule has 1 aliphatic heterocycles. The first-order valence-corrected chi connectivity index (χ1v) is 5.05. The first kappa shape index (κ1) is 10.0. The zero-order valence-electron chi connectivity index (χ0n) is 8.71. The molecule has 1 fully saturated rings. The maximum absolute atomic E-state index is 2.59. The Morgan fingerprint density at radius 1 is 1.42 bits per heavy atom. The van der Waals surface area contributed by atoms with Crippen LogP contribution >= 0.6 is 0 Å². The fraction of sp³-hybridized carbons (Fsp3) is 1.00. The average molecular weight is 170 g/mol. The van der Waals surface area contributed by atoms with Gasteiger partial charge in [0.15, 0.2) is 0 Å². The molecule has 0 spiro atoms. The summed E-state index contributed by atoms with van der Waals surface area (Å²) in [6.07, 6.45) is 2.83. The molecule has 0 aromatic rings. The van der Waals surface area contributed by atoms with Crippen molar-refractivity contribution in [3.05, 3.63) is 0 Å². The Kier molecular flexibility index (Phi) is 4.02. The van der Waals surface area contributed by atoms with Gasteiger partial charge in [-0.05, 0) is 39.4 Å². The van der Waals surface area contributed by atoms with E-state index >= 15 is 0 Å². The highest BCUT2D eigenvalue weighted by atomic mass is 15.2. The molecule has 0 radical (unpaired) electrons. The summed E-state index contributed by atoms with van der Waals surface area (Å²) in [4.78, 5) is 4.85. The third kappa shape index (κ3) is 3.55. The number of nitrogens with zero attached hydrogens (tertiary/aromatic N) is 2. The van der Waals surface area contributed by atoms with E-state index in [9.17, 15) is 0 Å². The highest BCUT2D eigenvalue weighted by Crippen LogP contribution is 2.14. The SMILES string of the molecule is C[C@H]1CCCN(CCN(C)C)C1. The van der Waals surface area contributed by atoms with Gasteiger partial charge in [-0.25, -0.2) is 0 Å². The van der Waals surface area contributed by atoms with Crippen LogP contribution in [0.1, 0.15) is 19.8 Å². The van der Waals surface area contributed by atoms with Gasteiger partial charge < -0.3 is 9.80 Å². The van der Waals surface area contributed by atoms with Gasteiger partial charge in [0.1, 0.15) is 0 Å².